The summed E-state index contributed by atoms with van der Waals surface area (Å²) in [5.41, 5.74) is 2.00. The summed E-state index contributed by atoms with van der Waals surface area (Å²) in [6.45, 7) is -0.524. The number of hydrogen-bond acceptors (Lipinski definition) is 3. The van der Waals surface area contributed by atoms with Gasteiger partial charge in [-0.15, -0.1) is 0 Å². The van der Waals surface area contributed by atoms with Crippen LogP contribution in [0.2, 0.25) is 5.02 Å². The third-order valence-corrected chi connectivity index (χ3v) is 4.11. The SMILES string of the molecule is O=C(COc1ccccc1-c1ccccc1)OCc1c(F)cccc1Cl. The van der Waals surface area contributed by atoms with E-state index in [1.807, 2.05) is 48.5 Å². The lowest BCUT2D eigenvalue weighted by atomic mass is 10.1. The van der Waals surface area contributed by atoms with Crippen LogP contribution in [0, 0.1) is 5.82 Å². The van der Waals surface area contributed by atoms with Gasteiger partial charge < -0.3 is 9.47 Å². The topological polar surface area (TPSA) is 35.5 Å². The fourth-order valence-electron chi connectivity index (χ4n) is 2.45. The molecule has 132 valence electrons. The van der Waals surface area contributed by atoms with Gasteiger partial charge in [-0.1, -0.05) is 66.2 Å². The Morgan fingerprint density at radius 3 is 2.42 bits per heavy atom. The number of ether oxygens (including phenoxy) is 2. The molecule has 3 rings (SSSR count). The van der Waals surface area contributed by atoms with E-state index >= 15 is 0 Å². The average molecular weight is 371 g/mol. The Balaban J connectivity index is 1.62. The van der Waals surface area contributed by atoms with Crippen LogP contribution in [0.3, 0.4) is 0 Å². The van der Waals surface area contributed by atoms with E-state index in [0.717, 1.165) is 11.1 Å². The summed E-state index contributed by atoms with van der Waals surface area (Å²) >= 11 is 5.91. The van der Waals surface area contributed by atoms with Gasteiger partial charge in [0, 0.05) is 11.1 Å². The van der Waals surface area contributed by atoms with Crippen molar-refractivity contribution in [2.45, 2.75) is 6.61 Å². The van der Waals surface area contributed by atoms with Crippen molar-refractivity contribution in [1.29, 1.82) is 0 Å². The molecular weight excluding hydrogens is 355 g/mol. The standard InChI is InChI=1S/C21H16ClFO3/c22-18-10-6-11-19(23)17(18)13-26-21(24)14-25-20-12-5-4-9-16(20)15-7-2-1-3-8-15/h1-12H,13-14H2. The number of carbonyl (C=O) groups excluding carboxylic acids is 1. The Bertz CT molecular complexity index is 877. The van der Waals surface area contributed by atoms with Gasteiger partial charge >= 0.3 is 5.97 Å². The molecule has 0 aliphatic carbocycles. The Kier molecular flexibility index (Phi) is 5.87. The van der Waals surface area contributed by atoms with Gasteiger partial charge in [0.2, 0.25) is 0 Å². The van der Waals surface area contributed by atoms with Crippen LogP contribution in [-0.2, 0) is 16.1 Å². The summed E-state index contributed by atoms with van der Waals surface area (Å²) in [6.07, 6.45) is 0. The Labute approximate surface area is 155 Å². The van der Waals surface area contributed by atoms with Gasteiger partial charge in [0.15, 0.2) is 6.61 Å². The summed E-state index contributed by atoms with van der Waals surface area (Å²) < 4.78 is 24.4. The molecule has 0 unspecified atom stereocenters. The monoisotopic (exact) mass is 370 g/mol. The zero-order valence-corrected chi connectivity index (χ0v) is 14.6. The van der Waals surface area contributed by atoms with Gasteiger partial charge in [-0.25, -0.2) is 9.18 Å². The van der Waals surface area contributed by atoms with Crippen LogP contribution >= 0.6 is 11.6 Å². The molecule has 0 aromatic heterocycles. The molecule has 0 spiro atoms. The fourth-order valence-corrected chi connectivity index (χ4v) is 2.67. The predicted molar refractivity (Wildman–Crippen MR) is 98.6 cm³/mol. The first kappa shape index (κ1) is 18.0. The van der Waals surface area contributed by atoms with Crippen LogP contribution in [0.1, 0.15) is 5.56 Å². The molecule has 0 saturated heterocycles. The van der Waals surface area contributed by atoms with Crippen molar-refractivity contribution < 1.29 is 18.7 Å². The van der Waals surface area contributed by atoms with Crippen molar-refractivity contribution >= 4 is 17.6 Å². The molecule has 26 heavy (non-hydrogen) atoms. The van der Waals surface area contributed by atoms with Crippen LogP contribution in [0.5, 0.6) is 5.75 Å². The smallest absolute Gasteiger partial charge is 0.344 e. The average Bonchev–Trinajstić information content (AvgIpc) is 2.67. The van der Waals surface area contributed by atoms with Crippen molar-refractivity contribution in [3.63, 3.8) is 0 Å². The first-order chi connectivity index (χ1) is 12.6. The van der Waals surface area contributed by atoms with Crippen molar-refractivity contribution in [3.8, 4) is 16.9 Å². The third-order valence-electron chi connectivity index (χ3n) is 3.76. The van der Waals surface area contributed by atoms with Crippen LogP contribution in [0.25, 0.3) is 11.1 Å². The first-order valence-electron chi connectivity index (χ1n) is 8.01. The van der Waals surface area contributed by atoms with Crippen molar-refractivity contribution in [3.05, 3.63) is 89.2 Å². The molecule has 0 amide bonds. The predicted octanol–water partition coefficient (Wildman–Crippen LogP) is 5.27. The second-order valence-corrected chi connectivity index (χ2v) is 5.92. The van der Waals surface area contributed by atoms with E-state index in [2.05, 4.69) is 0 Å². The maximum atomic E-state index is 13.7. The lowest BCUT2D eigenvalue weighted by Crippen LogP contribution is -2.15. The summed E-state index contributed by atoms with van der Waals surface area (Å²) in [4.78, 5) is 11.9. The Morgan fingerprint density at radius 2 is 1.65 bits per heavy atom. The van der Waals surface area contributed by atoms with Gasteiger partial charge in [-0.2, -0.15) is 0 Å². The highest BCUT2D eigenvalue weighted by atomic mass is 35.5. The molecule has 3 nitrogen and oxygen atoms in total. The summed E-state index contributed by atoms with van der Waals surface area (Å²) in [5, 5.41) is 0.216. The summed E-state index contributed by atoms with van der Waals surface area (Å²) in [6, 6.07) is 21.4. The number of para-hydroxylation sites is 1. The molecule has 0 aliphatic rings. The van der Waals surface area contributed by atoms with Gasteiger partial charge in [-0.05, 0) is 23.8 Å². The summed E-state index contributed by atoms with van der Waals surface area (Å²) in [5.74, 6) is -0.549. The highest BCUT2D eigenvalue weighted by Gasteiger charge is 2.12. The highest BCUT2D eigenvalue weighted by molar-refractivity contribution is 6.31. The molecule has 0 fully saturated rings. The largest absolute Gasteiger partial charge is 0.481 e. The normalized spacial score (nSPS) is 10.4. The minimum atomic E-state index is -0.604. The lowest BCUT2D eigenvalue weighted by Gasteiger charge is -2.12. The Morgan fingerprint density at radius 1 is 0.923 bits per heavy atom. The molecule has 0 N–H and O–H groups in total. The fraction of sp³-hybridized carbons (Fsp3) is 0.0952. The first-order valence-corrected chi connectivity index (χ1v) is 8.38. The lowest BCUT2D eigenvalue weighted by molar-refractivity contribution is -0.147. The van der Waals surface area contributed by atoms with Crippen LogP contribution in [0.15, 0.2) is 72.8 Å². The van der Waals surface area contributed by atoms with Gasteiger partial charge in [-0.3, -0.25) is 0 Å². The molecule has 0 bridgehead atoms. The van der Waals surface area contributed by atoms with Crippen molar-refractivity contribution in [1.82, 2.24) is 0 Å². The van der Waals surface area contributed by atoms with Crippen LogP contribution in [0.4, 0.5) is 4.39 Å². The summed E-state index contributed by atoms with van der Waals surface area (Å²) in [7, 11) is 0. The quantitative estimate of drug-likeness (QED) is 0.554. The molecule has 0 saturated carbocycles. The molecule has 3 aromatic carbocycles. The Hall–Kier alpha value is -2.85. The van der Waals surface area contributed by atoms with E-state index in [4.69, 9.17) is 21.1 Å². The van der Waals surface area contributed by atoms with Gasteiger partial charge in [0.05, 0.1) is 5.02 Å². The number of carbonyl (C=O) groups is 1. The van der Waals surface area contributed by atoms with E-state index in [-0.39, 0.29) is 23.8 Å². The number of halogens is 2. The molecule has 3 aromatic rings. The number of rotatable bonds is 6. The minimum Gasteiger partial charge on any atom is -0.481 e. The van der Waals surface area contributed by atoms with Gasteiger partial charge in [0.25, 0.3) is 0 Å². The zero-order valence-electron chi connectivity index (χ0n) is 13.8. The van der Waals surface area contributed by atoms with E-state index < -0.39 is 11.8 Å². The second kappa shape index (κ2) is 8.50. The van der Waals surface area contributed by atoms with E-state index in [0.29, 0.717) is 5.75 Å². The zero-order chi connectivity index (χ0) is 18.4. The second-order valence-electron chi connectivity index (χ2n) is 5.51. The van der Waals surface area contributed by atoms with E-state index in [1.54, 1.807) is 12.1 Å². The number of benzene rings is 3. The van der Waals surface area contributed by atoms with E-state index in [1.165, 1.54) is 12.1 Å². The molecular formula is C21H16ClFO3. The minimum absolute atomic E-state index is 0.146. The maximum Gasteiger partial charge on any atom is 0.344 e. The van der Waals surface area contributed by atoms with Crippen molar-refractivity contribution in [2.75, 3.05) is 6.61 Å². The number of hydrogen-bond donors (Lipinski definition) is 0. The molecule has 0 radical (unpaired) electrons. The highest BCUT2D eigenvalue weighted by Crippen LogP contribution is 2.29. The van der Waals surface area contributed by atoms with Gasteiger partial charge in [0.1, 0.15) is 18.2 Å². The molecule has 0 atom stereocenters. The van der Waals surface area contributed by atoms with Crippen LogP contribution in [-0.4, -0.2) is 12.6 Å². The van der Waals surface area contributed by atoms with E-state index in [9.17, 15) is 9.18 Å². The molecule has 5 heteroatoms. The molecule has 0 aliphatic heterocycles. The maximum absolute atomic E-state index is 13.7. The third kappa shape index (κ3) is 4.41. The van der Waals surface area contributed by atoms with Crippen molar-refractivity contribution in [2.24, 2.45) is 0 Å². The van der Waals surface area contributed by atoms with Crippen LogP contribution < -0.4 is 4.74 Å². The molecule has 0 heterocycles. The number of esters is 1.